The predicted octanol–water partition coefficient (Wildman–Crippen LogP) is 4.16. The van der Waals surface area contributed by atoms with Crippen LogP contribution in [0.1, 0.15) is 33.3 Å². The Balaban J connectivity index is 2.36. The summed E-state index contributed by atoms with van der Waals surface area (Å²) in [5.74, 6) is 0.723. The number of benzene rings is 1. The summed E-state index contributed by atoms with van der Waals surface area (Å²) < 4.78 is 5.20. The fourth-order valence-electron chi connectivity index (χ4n) is 2.45. The van der Waals surface area contributed by atoms with Crippen LogP contribution in [0.15, 0.2) is 36.5 Å². The number of carbonyl (C=O) groups excluding carboxylic acids is 1. The van der Waals surface area contributed by atoms with Gasteiger partial charge in [0.15, 0.2) is 0 Å². The van der Waals surface area contributed by atoms with Gasteiger partial charge >= 0.3 is 6.09 Å². The van der Waals surface area contributed by atoms with Gasteiger partial charge < -0.3 is 4.74 Å². The molecule has 1 fully saturated rings. The Labute approximate surface area is 121 Å². The standard InChI is InChI=1S/C17H23NO2/c1-12(2)15(14-8-6-5-7-9-14)10-18-16(13(3)4)11-20-17(18)19/h5-10,12-13,16H,11H2,1-4H3/b15-10-/t16-/m0/s1. The topological polar surface area (TPSA) is 29.5 Å². The molecule has 2 rings (SSSR count). The van der Waals surface area contributed by atoms with E-state index in [1.54, 1.807) is 4.90 Å². The van der Waals surface area contributed by atoms with Crippen molar-refractivity contribution in [2.45, 2.75) is 33.7 Å². The maximum atomic E-state index is 11.9. The van der Waals surface area contributed by atoms with Crippen molar-refractivity contribution in [3.63, 3.8) is 0 Å². The Bertz CT molecular complexity index is 491. The fourth-order valence-corrected chi connectivity index (χ4v) is 2.45. The SMILES string of the molecule is CC(C)/C(=C/N1C(=O)OC[C@H]1C(C)C)c1ccccc1. The molecule has 108 valence electrons. The van der Waals surface area contributed by atoms with Crippen LogP contribution in [0.5, 0.6) is 0 Å². The first-order chi connectivity index (χ1) is 9.50. The largest absolute Gasteiger partial charge is 0.447 e. The summed E-state index contributed by atoms with van der Waals surface area (Å²) >= 11 is 0. The molecule has 1 aliphatic rings. The van der Waals surface area contributed by atoms with E-state index in [9.17, 15) is 4.79 Å². The third kappa shape index (κ3) is 3.03. The number of hydrogen-bond donors (Lipinski definition) is 0. The second-order valence-electron chi connectivity index (χ2n) is 5.90. The lowest BCUT2D eigenvalue weighted by molar-refractivity contribution is 0.166. The molecule has 1 aliphatic heterocycles. The molecule has 1 amide bonds. The lowest BCUT2D eigenvalue weighted by atomic mass is 9.95. The van der Waals surface area contributed by atoms with Crippen LogP contribution in [0.2, 0.25) is 0 Å². The van der Waals surface area contributed by atoms with Gasteiger partial charge in [0.2, 0.25) is 0 Å². The normalized spacial score (nSPS) is 19.9. The van der Waals surface area contributed by atoms with E-state index in [1.165, 1.54) is 0 Å². The molecule has 0 unspecified atom stereocenters. The molecule has 0 aliphatic carbocycles. The van der Waals surface area contributed by atoms with Crippen molar-refractivity contribution in [3.8, 4) is 0 Å². The molecule has 0 saturated carbocycles. The van der Waals surface area contributed by atoms with Crippen molar-refractivity contribution < 1.29 is 9.53 Å². The van der Waals surface area contributed by atoms with E-state index in [0.29, 0.717) is 18.4 Å². The van der Waals surface area contributed by atoms with E-state index in [0.717, 1.165) is 11.1 Å². The molecule has 1 aromatic carbocycles. The summed E-state index contributed by atoms with van der Waals surface area (Å²) in [7, 11) is 0. The first-order valence-corrected chi connectivity index (χ1v) is 7.23. The molecule has 1 saturated heterocycles. The molecule has 20 heavy (non-hydrogen) atoms. The highest BCUT2D eigenvalue weighted by molar-refractivity contribution is 5.76. The summed E-state index contributed by atoms with van der Waals surface area (Å²) in [5, 5.41) is 0. The van der Waals surface area contributed by atoms with Crippen LogP contribution in [0.4, 0.5) is 4.79 Å². The Kier molecular flexibility index (Phi) is 4.48. The Morgan fingerprint density at radius 1 is 1.25 bits per heavy atom. The monoisotopic (exact) mass is 273 g/mol. The van der Waals surface area contributed by atoms with Crippen molar-refractivity contribution in [2.75, 3.05) is 6.61 Å². The first-order valence-electron chi connectivity index (χ1n) is 7.23. The van der Waals surface area contributed by atoms with Gasteiger partial charge in [0.05, 0.1) is 6.04 Å². The van der Waals surface area contributed by atoms with E-state index in [2.05, 4.69) is 39.8 Å². The number of hydrogen-bond acceptors (Lipinski definition) is 2. The van der Waals surface area contributed by atoms with Gasteiger partial charge in [-0.25, -0.2) is 4.79 Å². The third-order valence-electron chi connectivity index (χ3n) is 3.72. The summed E-state index contributed by atoms with van der Waals surface area (Å²) in [6.45, 7) is 9.00. The van der Waals surface area contributed by atoms with Gasteiger partial charge in [0, 0.05) is 6.20 Å². The molecular weight excluding hydrogens is 250 g/mol. The molecule has 3 heteroatoms. The van der Waals surface area contributed by atoms with E-state index in [-0.39, 0.29) is 12.1 Å². The van der Waals surface area contributed by atoms with Gasteiger partial charge in [-0.1, -0.05) is 58.0 Å². The molecular formula is C17H23NO2. The molecule has 1 aromatic rings. The molecule has 0 spiro atoms. The number of allylic oxidation sites excluding steroid dienone is 1. The second kappa shape index (κ2) is 6.12. The highest BCUT2D eigenvalue weighted by Gasteiger charge is 2.34. The van der Waals surface area contributed by atoms with Crippen molar-refractivity contribution in [1.82, 2.24) is 4.90 Å². The highest BCUT2D eigenvalue weighted by Crippen LogP contribution is 2.27. The van der Waals surface area contributed by atoms with Crippen molar-refractivity contribution in [2.24, 2.45) is 11.8 Å². The number of carbonyl (C=O) groups is 1. The Morgan fingerprint density at radius 3 is 2.45 bits per heavy atom. The molecule has 1 heterocycles. The summed E-state index contributed by atoms with van der Waals surface area (Å²) in [5.41, 5.74) is 2.32. The van der Waals surface area contributed by atoms with Crippen molar-refractivity contribution >= 4 is 11.7 Å². The Morgan fingerprint density at radius 2 is 1.90 bits per heavy atom. The molecule has 0 radical (unpaired) electrons. The average molecular weight is 273 g/mol. The van der Waals surface area contributed by atoms with Gasteiger partial charge in [-0.05, 0) is 23.0 Å². The summed E-state index contributed by atoms with van der Waals surface area (Å²) in [4.78, 5) is 13.7. The van der Waals surface area contributed by atoms with Gasteiger partial charge in [-0.2, -0.15) is 0 Å². The first kappa shape index (κ1) is 14.6. The minimum absolute atomic E-state index is 0.125. The van der Waals surface area contributed by atoms with Gasteiger partial charge in [-0.15, -0.1) is 0 Å². The number of ether oxygens (including phenoxy) is 1. The molecule has 0 bridgehead atoms. The summed E-state index contributed by atoms with van der Waals surface area (Å²) in [6, 6.07) is 10.3. The molecule has 3 nitrogen and oxygen atoms in total. The number of amides is 1. The average Bonchev–Trinajstić information content (AvgIpc) is 2.78. The number of rotatable bonds is 4. The maximum absolute atomic E-state index is 11.9. The van der Waals surface area contributed by atoms with Gasteiger partial charge in [0.25, 0.3) is 0 Å². The van der Waals surface area contributed by atoms with Crippen molar-refractivity contribution in [3.05, 3.63) is 42.1 Å². The lowest BCUT2D eigenvalue weighted by Gasteiger charge is -2.23. The molecule has 1 atom stereocenters. The lowest BCUT2D eigenvalue weighted by Crippen LogP contribution is -2.33. The van der Waals surface area contributed by atoms with E-state index < -0.39 is 0 Å². The smallest absolute Gasteiger partial charge is 0.414 e. The summed E-state index contributed by atoms with van der Waals surface area (Å²) in [6.07, 6.45) is 1.73. The van der Waals surface area contributed by atoms with Crippen LogP contribution in [0.25, 0.3) is 5.57 Å². The van der Waals surface area contributed by atoms with Crippen LogP contribution in [-0.2, 0) is 4.74 Å². The Hall–Kier alpha value is -1.77. The quantitative estimate of drug-likeness (QED) is 0.824. The number of nitrogens with zero attached hydrogens (tertiary/aromatic N) is 1. The second-order valence-corrected chi connectivity index (χ2v) is 5.90. The van der Waals surface area contributed by atoms with Crippen LogP contribution < -0.4 is 0 Å². The van der Waals surface area contributed by atoms with Crippen molar-refractivity contribution in [1.29, 1.82) is 0 Å². The zero-order valence-corrected chi connectivity index (χ0v) is 12.7. The maximum Gasteiger partial charge on any atom is 0.414 e. The minimum Gasteiger partial charge on any atom is -0.447 e. The number of cyclic esters (lactones) is 1. The van der Waals surface area contributed by atoms with Gasteiger partial charge in [0.1, 0.15) is 6.61 Å². The van der Waals surface area contributed by atoms with Crippen LogP contribution in [0.3, 0.4) is 0 Å². The fraction of sp³-hybridized carbons (Fsp3) is 0.471. The molecule has 0 N–H and O–H groups in total. The predicted molar refractivity (Wildman–Crippen MR) is 81.1 cm³/mol. The van der Waals surface area contributed by atoms with Gasteiger partial charge in [-0.3, -0.25) is 4.90 Å². The van der Waals surface area contributed by atoms with Crippen LogP contribution in [-0.4, -0.2) is 23.6 Å². The highest BCUT2D eigenvalue weighted by atomic mass is 16.6. The zero-order chi connectivity index (χ0) is 14.7. The van der Waals surface area contributed by atoms with Crippen LogP contribution >= 0.6 is 0 Å². The third-order valence-corrected chi connectivity index (χ3v) is 3.72. The van der Waals surface area contributed by atoms with E-state index in [4.69, 9.17) is 4.74 Å². The molecule has 0 aromatic heterocycles. The zero-order valence-electron chi connectivity index (χ0n) is 12.7. The van der Waals surface area contributed by atoms with E-state index in [1.807, 2.05) is 24.4 Å². The minimum atomic E-state index is -0.238. The van der Waals surface area contributed by atoms with Crippen LogP contribution in [0, 0.1) is 11.8 Å². The van der Waals surface area contributed by atoms with E-state index >= 15 is 0 Å².